The van der Waals surface area contributed by atoms with Crippen LogP contribution in [-0.4, -0.2) is 51.0 Å². The first-order valence-corrected chi connectivity index (χ1v) is 10.7. The molecule has 0 bridgehead atoms. The number of methoxy groups -OCH3 is 1. The molecule has 0 aromatic carbocycles. The van der Waals surface area contributed by atoms with Gasteiger partial charge in [-0.2, -0.15) is 0 Å². The van der Waals surface area contributed by atoms with E-state index >= 15 is 0 Å². The van der Waals surface area contributed by atoms with E-state index < -0.39 is 5.54 Å². The molecule has 1 aliphatic heterocycles. The predicted molar refractivity (Wildman–Crippen MR) is 117 cm³/mol. The van der Waals surface area contributed by atoms with Crippen molar-refractivity contribution >= 4 is 22.7 Å². The van der Waals surface area contributed by atoms with Gasteiger partial charge in [0, 0.05) is 17.9 Å². The monoisotopic (exact) mass is 429 g/mol. The molecule has 2 atom stereocenters. The number of nitrogens with two attached hydrogens (primary N) is 1. The SMILES string of the molecule is COc1cnc(C(=O)Cc2ccnc([C@]3(C)C[C@@H](COC(C)C)SC(N)=N3)c2)cn1. The maximum Gasteiger partial charge on any atom is 0.232 e. The summed E-state index contributed by atoms with van der Waals surface area (Å²) in [6, 6.07) is 3.74. The van der Waals surface area contributed by atoms with Crippen LogP contribution >= 0.6 is 11.8 Å². The number of carbonyl (C=O) groups excluding carboxylic acids is 1. The number of amidine groups is 1. The molecule has 0 fully saturated rings. The number of aliphatic imine (C=N–C) groups is 1. The Morgan fingerprint density at radius 2 is 2.13 bits per heavy atom. The molecule has 0 spiro atoms. The van der Waals surface area contributed by atoms with Crippen molar-refractivity contribution < 1.29 is 14.3 Å². The van der Waals surface area contributed by atoms with Crippen LogP contribution in [0.2, 0.25) is 0 Å². The summed E-state index contributed by atoms with van der Waals surface area (Å²) in [4.78, 5) is 30.0. The fraction of sp³-hybridized carbons (Fsp3) is 0.476. The van der Waals surface area contributed by atoms with E-state index in [0.717, 1.165) is 17.7 Å². The fourth-order valence-corrected chi connectivity index (χ4v) is 4.40. The number of ether oxygens (including phenoxy) is 2. The lowest BCUT2D eigenvalue weighted by Gasteiger charge is -2.34. The summed E-state index contributed by atoms with van der Waals surface area (Å²) in [5, 5.41) is 0.717. The molecule has 0 aliphatic carbocycles. The van der Waals surface area contributed by atoms with Gasteiger partial charge >= 0.3 is 0 Å². The van der Waals surface area contributed by atoms with Crippen LogP contribution in [0.4, 0.5) is 0 Å². The molecule has 0 radical (unpaired) electrons. The third-order valence-electron chi connectivity index (χ3n) is 4.75. The Hall–Kier alpha value is -2.52. The summed E-state index contributed by atoms with van der Waals surface area (Å²) in [5.41, 5.74) is 7.46. The van der Waals surface area contributed by atoms with Gasteiger partial charge in [-0.05, 0) is 44.9 Å². The van der Waals surface area contributed by atoms with Crippen LogP contribution < -0.4 is 10.5 Å². The van der Waals surface area contributed by atoms with Crippen LogP contribution in [-0.2, 0) is 16.7 Å². The summed E-state index contributed by atoms with van der Waals surface area (Å²) in [7, 11) is 1.50. The number of nitrogens with zero attached hydrogens (tertiary/aromatic N) is 4. The zero-order chi connectivity index (χ0) is 21.7. The van der Waals surface area contributed by atoms with Gasteiger partial charge in [-0.1, -0.05) is 11.8 Å². The normalized spacial score (nSPS) is 21.4. The molecular weight excluding hydrogens is 402 g/mol. The highest BCUT2D eigenvalue weighted by Crippen LogP contribution is 2.38. The van der Waals surface area contributed by atoms with Gasteiger partial charge in [-0.25, -0.2) is 15.0 Å². The highest BCUT2D eigenvalue weighted by molar-refractivity contribution is 8.14. The molecule has 0 unspecified atom stereocenters. The molecule has 9 heteroatoms. The first-order chi connectivity index (χ1) is 14.3. The standard InChI is InChI=1S/C21H27N5O3S/c1-13(2)29-12-15-9-21(3,26-20(22)30-15)18-8-14(5-6-23-18)7-17(27)16-10-25-19(28-4)11-24-16/h5-6,8,10-11,13,15H,7,9,12H2,1-4H3,(H2,22,26)/t15-,21-/m0/s1. The number of aromatic nitrogens is 3. The largest absolute Gasteiger partial charge is 0.480 e. The van der Waals surface area contributed by atoms with E-state index in [4.69, 9.17) is 15.2 Å². The van der Waals surface area contributed by atoms with Gasteiger partial charge in [-0.3, -0.25) is 9.78 Å². The average Bonchev–Trinajstić information content (AvgIpc) is 2.72. The molecular formula is C21H27N5O3S. The number of carbonyl (C=O) groups is 1. The van der Waals surface area contributed by atoms with Crippen molar-refractivity contribution in [2.24, 2.45) is 10.7 Å². The van der Waals surface area contributed by atoms with Crippen LogP contribution in [0.1, 0.15) is 48.9 Å². The quantitative estimate of drug-likeness (QED) is 0.638. The van der Waals surface area contributed by atoms with Gasteiger partial charge in [0.25, 0.3) is 0 Å². The number of Topliss-reactive ketones (excluding diaryl/α,β-unsaturated/α-hetero) is 1. The summed E-state index contributed by atoms with van der Waals surface area (Å²) in [5.74, 6) is 0.241. The van der Waals surface area contributed by atoms with Crippen molar-refractivity contribution in [1.82, 2.24) is 15.0 Å². The van der Waals surface area contributed by atoms with Gasteiger partial charge < -0.3 is 15.2 Å². The fourth-order valence-electron chi connectivity index (χ4n) is 3.25. The number of ketones is 1. The van der Waals surface area contributed by atoms with Gasteiger partial charge in [0.1, 0.15) is 11.2 Å². The Morgan fingerprint density at radius 1 is 1.33 bits per heavy atom. The van der Waals surface area contributed by atoms with Crippen LogP contribution in [0.15, 0.2) is 35.7 Å². The van der Waals surface area contributed by atoms with Crippen LogP contribution in [0.5, 0.6) is 5.88 Å². The zero-order valence-corrected chi connectivity index (χ0v) is 18.5. The number of rotatable bonds is 8. The van der Waals surface area contributed by atoms with E-state index in [-0.39, 0.29) is 23.6 Å². The molecule has 2 aromatic rings. The molecule has 8 nitrogen and oxygen atoms in total. The topological polar surface area (TPSA) is 113 Å². The second kappa shape index (κ2) is 9.53. The number of hydrogen-bond donors (Lipinski definition) is 1. The van der Waals surface area contributed by atoms with Gasteiger partial charge in [0.05, 0.1) is 37.9 Å². The van der Waals surface area contributed by atoms with Crippen molar-refractivity contribution in [3.05, 3.63) is 47.7 Å². The molecule has 3 heterocycles. The van der Waals surface area contributed by atoms with E-state index in [1.165, 1.54) is 31.3 Å². The maximum absolute atomic E-state index is 12.6. The van der Waals surface area contributed by atoms with Crippen molar-refractivity contribution in [1.29, 1.82) is 0 Å². The number of thioether (sulfide) groups is 1. The molecule has 2 aromatic heterocycles. The molecule has 0 saturated heterocycles. The molecule has 30 heavy (non-hydrogen) atoms. The Morgan fingerprint density at radius 3 is 2.80 bits per heavy atom. The Labute approximate surface area is 180 Å². The molecule has 1 aliphatic rings. The number of hydrogen-bond acceptors (Lipinski definition) is 9. The molecule has 0 saturated carbocycles. The third-order valence-corrected chi connectivity index (χ3v) is 5.72. The lowest BCUT2D eigenvalue weighted by atomic mass is 9.90. The van der Waals surface area contributed by atoms with Gasteiger partial charge in [0.15, 0.2) is 11.0 Å². The molecule has 3 rings (SSSR count). The summed E-state index contributed by atoms with van der Waals surface area (Å²) in [6.07, 6.45) is 5.66. The van der Waals surface area contributed by atoms with Crippen LogP contribution in [0, 0.1) is 0 Å². The van der Waals surface area contributed by atoms with Crippen LogP contribution in [0.25, 0.3) is 0 Å². The van der Waals surface area contributed by atoms with Gasteiger partial charge in [0.2, 0.25) is 5.88 Å². The summed E-state index contributed by atoms with van der Waals surface area (Å²) >= 11 is 1.54. The van der Waals surface area contributed by atoms with Crippen molar-refractivity contribution in [2.75, 3.05) is 13.7 Å². The summed E-state index contributed by atoms with van der Waals surface area (Å²) in [6.45, 7) is 6.64. The maximum atomic E-state index is 12.6. The van der Waals surface area contributed by atoms with E-state index in [0.29, 0.717) is 23.3 Å². The highest BCUT2D eigenvalue weighted by atomic mass is 32.2. The Balaban J connectivity index is 1.76. The Kier molecular flexibility index (Phi) is 7.04. The third kappa shape index (κ3) is 5.54. The van der Waals surface area contributed by atoms with Crippen LogP contribution in [0.3, 0.4) is 0 Å². The summed E-state index contributed by atoms with van der Waals surface area (Å²) < 4.78 is 10.8. The first kappa shape index (κ1) is 22.2. The molecule has 0 amide bonds. The first-order valence-electron chi connectivity index (χ1n) is 9.77. The second-order valence-electron chi connectivity index (χ2n) is 7.64. The van der Waals surface area contributed by atoms with Crippen molar-refractivity contribution in [2.45, 2.75) is 50.5 Å². The number of pyridine rings is 1. The van der Waals surface area contributed by atoms with E-state index in [9.17, 15) is 4.79 Å². The Bertz CT molecular complexity index is 919. The van der Waals surface area contributed by atoms with E-state index in [1.54, 1.807) is 6.20 Å². The lowest BCUT2D eigenvalue weighted by Crippen LogP contribution is -2.36. The van der Waals surface area contributed by atoms with Crippen molar-refractivity contribution in [3.63, 3.8) is 0 Å². The van der Waals surface area contributed by atoms with Gasteiger partial charge in [-0.15, -0.1) is 0 Å². The minimum absolute atomic E-state index is 0.127. The van der Waals surface area contributed by atoms with Crippen molar-refractivity contribution in [3.8, 4) is 5.88 Å². The smallest absolute Gasteiger partial charge is 0.232 e. The zero-order valence-electron chi connectivity index (χ0n) is 17.7. The van der Waals surface area contributed by atoms with E-state index in [1.807, 2.05) is 32.9 Å². The second-order valence-corrected chi connectivity index (χ2v) is 8.96. The lowest BCUT2D eigenvalue weighted by molar-refractivity contribution is 0.0757. The van der Waals surface area contributed by atoms with E-state index in [2.05, 4.69) is 19.9 Å². The minimum Gasteiger partial charge on any atom is -0.480 e. The predicted octanol–water partition coefficient (Wildman–Crippen LogP) is 2.77. The molecule has 2 N–H and O–H groups in total. The molecule has 160 valence electrons. The highest BCUT2D eigenvalue weighted by Gasteiger charge is 2.36. The minimum atomic E-state index is -0.570. The average molecular weight is 430 g/mol.